The molecule has 2 unspecified atom stereocenters. The molecule has 0 saturated carbocycles. The molecule has 0 fully saturated rings. The van der Waals surface area contributed by atoms with Gasteiger partial charge in [-0.05, 0) is 57.8 Å². The monoisotopic (exact) mass is 743 g/mol. The number of likely N-dealkylation sites (N-methyl/N-ethyl adjacent to an activating group) is 1. The lowest BCUT2D eigenvalue weighted by Gasteiger charge is -2.31. The molecule has 8 heteroatoms. The van der Waals surface area contributed by atoms with Crippen LogP contribution in [0.5, 0.6) is 0 Å². The number of carbonyl (C=O) groups is 3. The Morgan fingerprint density at radius 3 is 1.68 bits per heavy atom. The van der Waals surface area contributed by atoms with Gasteiger partial charge in [-0.2, -0.15) is 0 Å². The number of unbranched alkanes of at least 4 members (excludes halogenated alkanes) is 12. The third kappa shape index (κ3) is 34.3. The first-order valence-corrected chi connectivity index (χ1v) is 20.5. The highest BCUT2D eigenvalue weighted by Crippen LogP contribution is 2.13. The van der Waals surface area contributed by atoms with E-state index >= 15 is 0 Å². The molecule has 0 aromatic carbocycles. The van der Waals surface area contributed by atoms with Gasteiger partial charge in [-0.15, -0.1) is 0 Å². The smallest absolute Gasteiger partial charge is 0.362 e. The quantitative estimate of drug-likeness (QED) is 0.0227. The molecule has 0 radical (unpaired) electrons. The maximum Gasteiger partial charge on any atom is 0.362 e. The van der Waals surface area contributed by atoms with E-state index in [2.05, 4.69) is 56.4 Å². The van der Waals surface area contributed by atoms with Gasteiger partial charge in [0.05, 0.1) is 34.4 Å². The fourth-order valence-corrected chi connectivity index (χ4v) is 5.55. The van der Waals surface area contributed by atoms with Crippen LogP contribution in [-0.4, -0.2) is 80.6 Å². The summed E-state index contributed by atoms with van der Waals surface area (Å²) >= 11 is 0. The number of aliphatic carboxylic acids is 1. The molecule has 0 amide bonds. The second-order valence-corrected chi connectivity index (χ2v) is 14.6. The summed E-state index contributed by atoms with van der Waals surface area (Å²) < 4.78 is 17.2. The zero-order valence-corrected chi connectivity index (χ0v) is 34.2. The van der Waals surface area contributed by atoms with Crippen LogP contribution in [0.15, 0.2) is 72.9 Å². The van der Waals surface area contributed by atoms with Gasteiger partial charge in [-0.3, -0.25) is 9.59 Å². The van der Waals surface area contributed by atoms with E-state index in [0.717, 1.165) is 83.5 Å². The summed E-state index contributed by atoms with van der Waals surface area (Å²) in [5, 5.41) is 9.60. The molecule has 1 N–H and O–H groups in total. The molecular formula is C45H76NO7+. The number of ether oxygens (including phenoxy) is 3. The summed E-state index contributed by atoms with van der Waals surface area (Å²) in [6.45, 7) is 4.44. The third-order valence-corrected chi connectivity index (χ3v) is 8.70. The van der Waals surface area contributed by atoms with Crippen LogP contribution in [0.3, 0.4) is 0 Å². The normalized spacial score (nSPS) is 13.8. The number of allylic oxidation sites excluding steroid dienone is 12. The summed E-state index contributed by atoms with van der Waals surface area (Å²) in [4.78, 5) is 36.9. The molecule has 0 heterocycles. The van der Waals surface area contributed by atoms with E-state index in [9.17, 15) is 19.5 Å². The second-order valence-electron chi connectivity index (χ2n) is 14.6. The average molecular weight is 743 g/mol. The Bertz CT molecular complexity index is 1100. The Labute approximate surface area is 323 Å². The van der Waals surface area contributed by atoms with Crippen molar-refractivity contribution in [3.05, 3.63) is 72.9 Å². The minimum Gasteiger partial charge on any atom is -0.477 e. The lowest BCUT2D eigenvalue weighted by atomic mass is 10.1. The van der Waals surface area contributed by atoms with Crippen LogP contribution in [-0.2, 0) is 28.6 Å². The molecular weight excluding hydrogens is 666 g/mol. The predicted molar refractivity (Wildman–Crippen MR) is 220 cm³/mol. The Morgan fingerprint density at radius 1 is 0.585 bits per heavy atom. The van der Waals surface area contributed by atoms with Crippen LogP contribution in [0.25, 0.3) is 0 Å². The van der Waals surface area contributed by atoms with E-state index < -0.39 is 18.1 Å². The summed E-state index contributed by atoms with van der Waals surface area (Å²) in [5.41, 5.74) is 0. The van der Waals surface area contributed by atoms with Gasteiger partial charge in [0, 0.05) is 19.3 Å². The Balaban J connectivity index is 4.45. The largest absolute Gasteiger partial charge is 0.477 e. The van der Waals surface area contributed by atoms with Gasteiger partial charge in [-0.1, -0.05) is 138 Å². The fourth-order valence-electron chi connectivity index (χ4n) is 5.55. The van der Waals surface area contributed by atoms with Crippen molar-refractivity contribution in [1.29, 1.82) is 0 Å². The van der Waals surface area contributed by atoms with Crippen molar-refractivity contribution in [2.45, 2.75) is 154 Å². The van der Waals surface area contributed by atoms with E-state index in [1.165, 1.54) is 25.7 Å². The van der Waals surface area contributed by atoms with Crippen molar-refractivity contribution in [2.75, 3.05) is 41.0 Å². The number of rotatable bonds is 35. The van der Waals surface area contributed by atoms with Gasteiger partial charge < -0.3 is 23.8 Å². The van der Waals surface area contributed by atoms with E-state index in [-0.39, 0.29) is 36.2 Å². The van der Waals surface area contributed by atoms with E-state index in [4.69, 9.17) is 14.2 Å². The first-order valence-electron chi connectivity index (χ1n) is 20.5. The molecule has 0 aliphatic rings. The predicted octanol–water partition coefficient (Wildman–Crippen LogP) is 10.8. The minimum atomic E-state index is -0.884. The molecule has 0 rings (SSSR count). The van der Waals surface area contributed by atoms with Crippen LogP contribution in [0, 0.1) is 0 Å². The average Bonchev–Trinajstić information content (AvgIpc) is 3.11. The second kappa shape index (κ2) is 35.8. The van der Waals surface area contributed by atoms with E-state index in [0.29, 0.717) is 19.3 Å². The molecule has 0 bridgehead atoms. The van der Waals surface area contributed by atoms with Crippen LogP contribution >= 0.6 is 0 Å². The number of nitrogens with zero attached hydrogens (tertiary/aromatic N) is 1. The van der Waals surface area contributed by atoms with Crippen molar-refractivity contribution >= 4 is 17.9 Å². The van der Waals surface area contributed by atoms with Gasteiger partial charge in [0.2, 0.25) is 0 Å². The van der Waals surface area contributed by atoms with Crippen molar-refractivity contribution in [3.63, 3.8) is 0 Å². The number of hydrogen-bond acceptors (Lipinski definition) is 6. The molecule has 0 saturated heterocycles. The Kier molecular flexibility index (Phi) is 33.6. The van der Waals surface area contributed by atoms with Crippen LogP contribution in [0.4, 0.5) is 0 Å². The van der Waals surface area contributed by atoms with Crippen LogP contribution in [0.2, 0.25) is 0 Å². The SMILES string of the molecule is CC/C=C/C=C/C=C/C=C/CCCCCCCC(=O)OC(COCCC(C(=O)O)[N+](C)(C)C)COC(=O)CCCCCCCCC/C=C/C/C=C/CC. The highest BCUT2D eigenvalue weighted by Gasteiger charge is 2.31. The van der Waals surface area contributed by atoms with Crippen molar-refractivity contribution in [1.82, 2.24) is 0 Å². The first-order chi connectivity index (χ1) is 25.6. The van der Waals surface area contributed by atoms with Crippen molar-refractivity contribution < 1.29 is 38.2 Å². The lowest BCUT2D eigenvalue weighted by Crippen LogP contribution is -2.50. The zero-order valence-electron chi connectivity index (χ0n) is 34.2. The Morgan fingerprint density at radius 2 is 1.09 bits per heavy atom. The van der Waals surface area contributed by atoms with Gasteiger partial charge in [0.1, 0.15) is 6.61 Å². The van der Waals surface area contributed by atoms with E-state index in [1.54, 1.807) is 0 Å². The topological polar surface area (TPSA) is 99.1 Å². The summed E-state index contributed by atoms with van der Waals surface area (Å²) in [7, 11) is 5.50. The zero-order chi connectivity index (χ0) is 39.3. The summed E-state index contributed by atoms with van der Waals surface area (Å²) in [5.74, 6) is -1.52. The molecule has 0 aromatic heterocycles. The molecule has 0 aliphatic heterocycles. The number of carboxylic acids is 1. The number of carboxylic acid groups (broad SMARTS) is 1. The number of quaternary nitrogens is 1. The maximum absolute atomic E-state index is 12.7. The van der Waals surface area contributed by atoms with Gasteiger partial charge in [-0.25, -0.2) is 4.79 Å². The standard InChI is InChI=1S/C45H75NO7/c1-6-8-10-12-14-16-18-20-22-24-26-28-30-32-34-36-44(48)53-41(39-51-38-37-42(45(49)50)46(3,4)5)40-52-43(47)35-33-31-29-27-25-23-21-19-17-15-13-11-9-7-2/h8-12,14-18,20,22,41-42H,6-7,13,19,21,23-40H2,1-5H3/p+1/b10-8+,11-9+,14-12+,17-15+,18-16+,22-20+. The third-order valence-electron chi connectivity index (χ3n) is 8.70. The van der Waals surface area contributed by atoms with Crippen LogP contribution in [0.1, 0.15) is 142 Å². The Hall–Kier alpha value is -3.23. The summed E-state index contributed by atoms with van der Waals surface area (Å²) in [6, 6.07) is -0.623. The molecule has 2 atom stereocenters. The minimum absolute atomic E-state index is 0.0447. The first kappa shape index (κ1) is 49.8. The van der Waals surface area contributed by atoms with Crippen LogP contribution < -0.4 is 0 Å². The highest BCUT2D eigenvalue weighted by atomic mass is 16.6. The summed E-state index contributed by atoms with van der Waals surface area (Å²) in [6.07, 6.45) is 43.7. The molecule has 53 heavy (non-hydrogen) atoms. The van der Waals surface area contributed by atoms with Gasteiger partial charge in [0.25, 0.3) is 0 Å². The molecule has 0 aromatic rings. The van der Waals surface area contributed by atoms with Gasteiger partial charge in [0.15, 0.2) is 12.1 Å². The number of esters is 2. The number of carbonyl (C=O) groups excluding carboxylic acids is 2. The number of hydrogen-bond donors (Lipinski definition) is 1. The van der Waals surface area contributed by atoms with E-state index in [1.807, 2.05) is 51.5 Å². The maximum atomic E-state index is 12.7. The molecule has 302 valence electrons. The molecule has 0 aliphatic carbocycles. The van der Waals surface area contributed by atoms with Crippen molar-refractivity contribution in [2.24, 2.45) is 0 Å². The fraction of sp³-hybridized carbons (Fsp3) is 0.667. The molecule has 0 spiro atoms. The molecule has 8 nitrogen and oxygen atoms in total. The lowest BCUT2D eigenvalue weighted by molar-refractivity contribution is -0.887. The van der Waals surface area contributed by atoms with Crippen molar-refractivity contribution in [3.8, 4) is 0 Å². The highest BCUT2D eigenvalue weighted by molar-refractivity contribution is 5.72. The van der Waals surface area contributed by atoms with Gasteiger partial charge >= 0.3 is 17.9 Å².